The minimum Gasteiger partial charge on any atom is -0.324 e. The van der Waals surface area contributed by atoms with E-state index in [9.17, 15) is 9.59 Å². The predicted molar refractivity (Wildman–Crippen MR) is 84.0 cm³/mol. The summed E-state index contributed by atoms with van der Waals surface area (Å²) in [6.45, 7) is 3.81. The van der Waals surface area contributed by atoms with Gasteiger partial charge in [0.1, 0.15) is 6.54 Å². The number of nitrogens with zero attached hydrogens (tertiary/aromatic N) is 3. The van der Waals surface area contributed by atoms with Gasteiger partial charge in [-0.2, -0.15) is 0 Å². The van der Waals surface area contributed by atoms with Crippen molar-refractivity contribution in [1.29, 1.82) is 0 Å². The van der Waals surface area contributed by atoms with Gasteiger partial charge in [-0.1, -0.05) is 23.8 Å². The van der Waals surface area contributed by atoms with E-state index in [-0.39, 0.29) is 18.1 Å². The van der Waals surface area contributed by atoms with Gasteiger partial charge < -0.3 is 5.32 Å². The first-order chi connectivity index (χ1) is 10.5. The van der Waals surface area contributed by atoms with Crippen molar-refractivity contribution in [2.75, 3.05) is 5.32 Å². The van der Waals surface area contributed by atoms with Crippen molar-refractivity contribution in [1.82, 2.24) is 14.2 Å². The van der Waals surface area contributed by atoms with Gasteiger partial charge in [0, 0.05) is 11.9 Å². The number of aryl methyl sites for hydroxylation is 2. The minimum atomic E-state index is -0.327. The molecule has 0 aliphatic heterocycles. The van der Waals surface area contributed by atoms with Crippen LogP contribution in [0.3, 0.4) is 0 Å². The van der Waals surface area contributed by atoms with Gasteiger partial charge in [-0.05, 0) is 37.6 Å². The molecule has 2 aromatic heterocycles. The quantitative estimate of drug-likeness (QED) is 0.800. The number of fused-ring (bicyclic) bond motifs is 1. The number of pyridine rings is 1. The molecule has 0 aliphatic carbocycles. The number of nitrogens with one attached hydrogen (secondary N) is 1. The van der Waals surface area contributed by atoms with Gasteiger partial charge in [0.2, 0.25) is 5.91 Å². The van der Waals surface area contributed by atoms with Crippen LogP contribution in [-0.4, -0.2) is 20.1 Å². The van der Waals surface area contributed by atoms with Crippen molar-refractivity contribution >= 4 is 17.2 Å². The summed E-state index contributed by atoms with van der Waals surface area (Å²) >= 11 is 0. The first kappa shape index (κ1) is 14.1. The SMILES string of the molecule is Cc1ccc(NC(=O)Cn2nc3ccccn3c2=O)c(C)c1. The molecule has 0 spiro atoms. The predicted octanol–water partition coefficient (Wildman–Crippen LogP) is 1.75. The van der Waals surface area contributed by atoms with Crippen LogP contribution in [0.5, 0.6) is 0 Å². The Bertz CT molecular complexity index is 908. The number of carbonyl (C=O) groups is 1. The highest BCUT2D eigenvalue weighted by Gasteiger charge is 2.11. The molecule has 0 atom stereocenters. The molecule has 0 fully saturated rings. The van der Waals surface area contributed by atoms with Crippen molar-refractivity contribution in [2.24, 2.45) is 0 Å². The Kier molecular flexibility index (Phi) is 3.50. The summed E-state index contributed by atoms with van der Waals surface area (Å²) in [6, 6.07) is 11.0. The molecular formula is C16H16N4O2. The van der Waals surface area contributed by atoms with Crippen molar-refractivity contribution in [2.45, 2.75) is 20.4 Å². The van der Waals surface area contributed by atoms with Crippen molar-refractivity contribution in [3.63, 3.8) is 0 Å². The number of amides is 1. The highest BCUT2D eigenvalue weighted by atomic mass is 16.2. The van der Waals surface area contributed by atoms with E-state index in [4.69, 9.17) is 0 Å². The van der Waals surface area contributed by atoms with E-state index in [0.29, 0.717) is 5.65 Å². The smallest absolute Gasteiger partial charge is 0.324 e. The monoisotopic (exact) mass is 296 g/mol. The average molecular weight is 296 g/mol. The van der Waals surface area contributed by atoms with E-state index in [0.717, 1.165) is 21.5 Å². The molecule has 0 aliphatic rings. The molecule has 112 valence electrons. The van der Waals surface area contributed by atoms with Gasteiger partial charge >= 0.3 is 5.69 Å². The van der Waals surface area contributed by atoms with Crippen LogP contribution in [0, 0.1) is 13.8 Å². The number of hydrogen-bond donors (Lipinski definition) is 1. The second-order valence-electron chi connectivity index (χ2n) is 5.24. The van der Waals surface area contributed by atoms with Gasteiger partial charge in [0.05, 0.1) is 0 Å². The lowest BCUT2D eigenvalue weighted by Gasteiger charge is -2.08. The van der Waals surface area contributed by atoms with E-state index < -0.39 is 0 Å². The number of carbonyl (C=O) groups excluding carboxylic acids is 1. The Hall–Kier alpha value is -2.89. The number of aromatic nitrogens is 3. The third-order valence-corrected chi connectivity index (χ3v) is 3.44. The molecule has 6 heteroatoms. The Labute approximate surface area is 127 Å². The molecule has 0 unspecified atom stereocenters. The van der Waals surface area contributed by atoms with Crippen LogP contribution in [0.25, 0.3) is 5.65 Å². The van der Waals surface area contributed by atoms with E-state index in [2.05, 4.69) is 10.4 Å². The Morgan fingerprint density at radius 2 is 2.05 bits per heavy atom. The van der Waals surface area contributed by atoms with Crippen LogP contribution in [0.15, 0.2) is 47.4 Å². The van der Waals surface area contributed by atoms with Gasteiger partial charge in [-0.3, -0.25) is 9.20 Å². The highest BCUT2D eigenvalue weighted by molar-refractivity contribution is 5.91. The largest absolute Gasteiger partial charge is 0.350 e. The lowest BCUT2D eigenvalue weighted by atomic mass is 10.1. The molecule has 1 N–H and O–H groups in total. The molecular weight excluding hydrogens is 280 g/mol. The Balaban J connectivity index is 1.81. The maximum absolute atomic E-state index is 12.1. The summed E-state index contributed by atoms with van der Waals surface area (Å²) in [5.74, 6) is -0.280. The van der Waals surface area contributed by atoms with Crippen LogP contribution >= 0.6 is 0 Å². The number of rotatable bonds is 3. The van der Waals surface area contributed by atoms with Crippen LogP contribution in [0.1, 0.15) is 11.1 Å². The van der Waals surface area contributed by atoms with Gasteiger partial charge in [0.15, 0.2) is 5.65 Å². The summed E-state index contributed by atoms with van der Waals surface area (Å²) in [6.07, 6.45) is 1.63. The van der Waals surface area contributed by atoms with E-state index >= 15 is 0 Å². The second kappa shape index (κ2) is 5.48. The fourth-order valence-corrected chi connectivity index (χ4v) is 2.35. The summed E-state index contributed by atoms with van der Waals surface area (Å²) in [7, 11) is 0. The van der Waals surface area contributed by atoms with Gasteiger partial charge in [-0.15, -0.1) is 5.10 Å². The van der Waals surface area contributed by atoms with E-state index in [1.54, 1.807) is 24.4 Å². The zero-order valence-corrected chi connectivity index (χ0v) is 12.4. The molecule has 0 saturated carbocycles. The van der Waals surface area contributed by atoms with E-state index in [1.165, 1.54) is 4.40 Å². The van der Waals surface area contributed by atoms with Crippen LogP contribution in [-0.2, 0) is 11.3 Å². The van der Waals surface area contributed by atoms with Crippen molar-refractivity contribution in [3.8, 4) is 0 Å². The number of benzene rings is 1. The lowest BCUT2D eigenvalue weighted by molar-refractivity contribution is -0.117. The first-order valence-electron chi connectivity index (χ1n) is 6.96. The van der Waals surface area contributed by atoms with Crippen molar-refractivity contribution in [3.05, 3.63) is 64.2 Å². The molecule has 3 rings (SSSR count). The minimum absolute atomic E-state index is 0.117. The number of hydrogen-bond acceptors (Lipinski definition) is 3. The number of anilines is 1. The van der Waals surface area contributed by atoms with Gasteiger partial charge in [-0.25, -0.2) is 9.48 Å². The summed E-state index contributed by atoms with van der Waals surface area (Å²) < 4.78 is 2.57. The van der Waals surface area contributed by atoms with Crippen LogP contribution < -0.4 is 11.0 Å². The molecule has 0 radical (unpaired) electrons. The Morgan fingerprint density at radius 3 is 2.77 bits per heavy atom. The second-order valence-corrected chi connectivity index (χ2v) is 5.24. The Morgan fingerprint density at radius 1 is 1.23 bits per heavy atom. The topological polar surface area (TPSA) is 68.4 Å². The zero-order chi connectivity index (χ0) is 15.7. The molecule has 1 amide bonds. The van der Waals surface area contributed by atoms with Crippen molar-refractivity contribution < 1.29 is 4.79 Å². The molecule has 0 bridgehead atoms. The fourth-order valence-electron chi connectivity index (χ4n) is 2.35. The third kappa shape index (κ3) is 2.63. The zero-order valence-electron chi connectivity index (χ0n) is 12.4. The molecule has 2 heterocycles. The summed E-state index contributed by atoms with van der Waals surface area (Å²) in [5, 5.41) is 6.95. The molecule has 22 heavy (non-hydrogen) atoms. The first-order valence-corrected chi connectivity index (χ1v) is 6.96. The maximum Gasteiger partial charge on any atom is 0.350 e. The highest BCUT2D eigenvalue weighted by Crippen LogP contribution is 2.15. The summed E-state index contributed by atoms with van der Waals surface area (Å²) in [5.41, 5.74) is 3.05. The third-order valence-electron chi connectivity index (χ3n) is 3.44. The average Bonchev–Trinajstić information content (AvgIpc) is 2.79. The molecule has 0 saturated heterocycles. The fraction of sp³-hybridized carbons (Fsp3) is 0.188. The summed E-state index contributed by atoms with van der Waals surface area (Å²) in [4.78, 5) is 24.2. The van der Waals surface area contributed by atoms with Crippen LogP contribution in [0.2, 0.25) is 0 Å². The van der Waals surface area contributed by atoms with E-state index in [1.807, 2.05) is 32.0 Å². The maximum atomic E-state index is 12.1. The van der Waals surface area contributed by atoms with Gasteiger partial charge in [0.25, 0.3) is 0 Å². The standard InChI is InChI=1S/C16H16N4O2/c1-11-6-7-13(12(2)9-11)17-15(21)10-20-16(22)19-8-4-3-5-14(19)18-20/h3-9H,10H2,1-2H3,(H,17,21). The van der Waals surface area contributed by atoms with Crippen LogP contribution in [0.4, 0.5) is 5.69 Å². The normalized spacial score (nSPS) is 10.8. The molecule has 6 nitrogen and oxygen atoms in total. The molecule has 3 aromatic rings. The molecule has 1 aromatic carbocycles. The lowest BCUT2D eigenvalue weighted by Crippen LogP contribution is -2.28.